The van der Waals surface area contributed by atoms with Crippen molar-refractivity contribution in [1.82, 2.24) is 0 Å². The van der Waals surface area contributed by atoms with E-state index in [9.17, 15) is 19.8 Å². The Kier molecular flexibility index (Phi) is 12.6. The third kappa shape index (κ3) is 9.38. The summed E-state index contributed by atoms with van der Waals surface area (Å²) in [5.74, 6) is -4.79. The van der Waals surface area contributed by atoms with Crippen molar-refractivity contribution in [3.05, 3.63) is 12.2 Å². The molecule has 0 aliphatic heterocycles. The molecule has 0 atom stereocenters. The molecule has 0 aromatic rings. The first-order valence-electron chi connectivity index (χ1n) is 9.00. The van der Waals surface area contributed by atoms with E-state index in [2.05, 4.69) is 20.8 Å². The molecule has 0 aromatic carbocycles. The minimum atomic E-state index is -2.36. The molecule has 0 aliphatic rings. The maximum absolute atomic E-state index is 10.8. The zero-order valence-corrected chi connectivity index (χ0v) is 17.8. The molecule has 0 saturated carbocycles. The summed E-state index contributed by atoms with van der Waals surface area (Å²) in [6.45, 7) is 6.61. The second-order valence-corrected chi connectivity index (χ2v) is 20.6. The molecule has 0 amide bonds. The van der Waals surface area contributed by atoms with Crippen molar-refractivity contribution in [3.8, 4) is 0 Å². The van der Waals surface area contributed by atoms with Gasteiger partial charge in [-0.2, -0.15) is 0 Å². The molecule has 134 valence electrons. The van der Waals surface area contributed by atoms with Gasteiger partial charge >= 0.3 is 145 Å². The Morgan fingerprint density at radius 2 is 1.26 bits per heavy atom. The number of carboxylic acids is 2. The molecule has 23 heavy (non-hydrogen) atoms. The summed E-state index contributed by atoms with van der Waals surface area (Å²) >= 11 is -2.36. The minimum absolute atomic E-state index is 0.936. The first-order valence-corrected chi connectivity index (χ1v) is 17.1. The number of unbranched alkanes of at least 4 members (excludes halogenated alkanes) is 3. The van der Waals surface area contributed by atoms with Gasteiger partial charge in [0.15, 0.2) is 0 Å². The van der Waals surface area contributed by atoms with Crippen LogP contribution in [0.3, 0.4) is 0 Å². The molecule has 4 nitrogen and oxygen atoms in total. The van der Waals surface area contributed by atoms with Gasteiger partial charge in [-0.3, -0.25) is 0 Å². The van der Waals surface area contributed by atoms with Crippen LogP contribution in [-0.2, 0) is 9.59 Å². The topological polar surface area (TPSA) is 80.3 Å². The Labute approximate surface area is 145 Å². The van der Waals surface area contributed by atoms with Gasteiger partial charge in [-0.1, -0.05) is 0 Å². The molecule has 0 aliphatic carbocycles. The van der Waals surface area contributed by atoms with Crippen LogP contribution in [0.1, 0.15) is 59.3 Å². The normalized spacial score (nSPS) is 12.2. The first-order chi connectivity index (χ1) is 10.9. The second kappa shape index (κ2) is 12.8. The molecule has 0 radical (unpaired) electrons. The number of carbonyl (C=O) groups is 2. The molecule has 5 heteroatoms. The molecule has 0 saturated heterocycles. The van der Waals surface area contributed by atoms with Crippen LogP contribution in [0.15, 0.2) is 12.2 Å². The van der Waals surface area contributed by atoms with Gasteiger partial charge < -0.3 is 0 Å². The van der Waals surface area contributed by atoms with Crippen molar-refractivity contribution < 1.29 is 19.8 Å². The molecule has 0 spiro atoms. The van der Waals surface area contributed by atoms with Crippen LogP contribution >= 0.6 is 0 Å². The van der Waals surface area contributed by atoms with Crippen LogP contribution in [0.2, 0.25) is 17.7 Å². The van der Waals surface area contributed by atoms with Gasteiger partial charge in [0.05, 0.1) is 0 Å². The Morgan fingerprint density at radius 3 is 1.57 bits per heavy atom. The van der Waals surface area contributed by atoms with Gasteiger partial charge in [0.2, 0.25) is 0 Å². The second-order valence-electron chi connectivity index (χ2n) is 6.56. The van der Waals surface area contributed by atoms with Crippen molar-refractivity contribution in [2.24, 2.45) is 5.92 Å². The van der Waals surface area contributed by atoms with E-state index in [0.29, 0.717) is 0 Å². The van der Waals surface area contributed by atoms with Crippen LogP contribution < -0.4 is 10.2 Å². The van der Waals surface area contributed by atoms with E-state index in [-0.39, 0.29) is 0 Å². The number of hydrogen-bond acceptors (Lipinski definition) is 4. The van der Waals surface area contributed by atoms with E-state index in [1.54, 1.807) is 0 Å². The number of carbonyl (C=O) groups excluding carboxylic acids is 2. The van der Waals surface area contributed by atoms with Gasteiger partial charge in [-0.25, -0.2) is 0 Å². The SMILES string of the molecule is CCC[CH2][Sn]([CH2]/C=C/C(C(=O)[O-])C(=O)[O-])([CH2]CCC)[CH2]CCC. The van der Waals surface area contributed by atoms with Gasteiger partial charge in [-0.15, -0.1) is 0 Å². The number of allylic oxidation sites excluding steroid dienone is 1. The Hall–Kier alpha value is -0.521. The van der Waals surface area contributed by atoms with E-state index in [0.717, 1.165) is 4.44 Å². The summed E-state index contributed by atoms with van der Waals surface area (Å²) in [6, 6.07) is 0. The molecule has 0 fully saturated rings. The third-order valence-corrected chi connectivity index (χ3v) is 19.8. The predicted octanol–water partition coefficient (Wildman–Crippen LogP) is 2.51. The summed E-state index contributed by atoms with van der Waals surface area (Å²) in [5, 5.41) is 21.7. The van der Waals surface area contributed by atoms with Gasteiger partial charge in [0.1, 0.15) is 0 Å². The molecule has 0 unspecified atom stereocenters. The monoisotopic (exact) mass is 432 g/mol. The number of rotatable bonds is 14. The van der Waals surface area contributed by atoms with E-state index in [1.165, 1.54) is 57.9 Å². The summed E-state index contributed by atoms with van der Waals surface area (Å²) in [4.78, 5) is 21.7. The summed E-state index contributed by atoms with van der Waals surface area (Å²) in [7, 11) is 0. The van der Waals surface area contributed by atoms with E-state index >= 15 is 0 Å². The summed E-state index contributed by atoms with van der Waals surface area (Å²) < 4.78 is 4.89. The quantitative estimate of drug-likeness (QED) is 0.241. The first kappa shape index (κ1) is 22.5. The Bertz CT molecular complexity index is 343. The standard InChI is InChI=1S/C6H7O4.3C4H9.Sn/c1-2-3-4(5(7)8)6(9)10;3*1-3-4-2;/h2-4H,1H2,(H,7,8)(H,9,10);3*1,3-4H2,2H3;/p-2/b3-2+;;;;. The van der Waals surface area contributed by atoms with Crippen LogP contribution in [0.4, 0.5) is 0 Å². The fraction of sp³-hybridized carbons (Fsp3) is 0.778. The number of carboxylic acid groups (broad SMARTS) is 2. The molecule has 0 bridgehead atoms. The van der Waals surface area contributed by atoms with Crippen molar-refractivity contribution in [3.63, 3.8) is 0 Å². The average Bonchev–Trinajstić information content (AvgIpc) is 2.51. The fourth-order valence-electron chi connectivity index (χ4n) is 3.04. The van der Waals surface area contributed by atoms with Crippen molar-refractivity contribution >= 4 is 30.3 Å². The van der Waals surface area contributed by atoms with Gasteiger partial charge in [0, 0.05) is 0 Å². The van der Waals surface area contributed by atoms with Crippen LogP contribution in [0, 0.1) is 5.92 Å². The van der Waals surface area contributed by atoms with Crippen molar-refractivity contribution in [1.29, 1.82) is 0 Å². The number of hydrogen-bond donors (Lipinski definition) is 0. The van der Waals surface area contributed by atoms with Crippen LogP contribution in [-0.4, -0.2) is 30.3 Å². The fourth-order valence-corrected chi connectivity index (χ4v) is 18.2. The maximum atomic E-state index is 10.8. The summed E-state index contributed by atoms with van der Waals surface area (Å²) in [6.07, 6.45) is 10.4. The van der Waals surface area contributed by atoms with Gasteiger partial charge in [0.25, 0.3) is 0 Å². The zero-order chi connectivity index (χ0) is 17.7. The molecular weight excluding hydrogens is 399 g/mol. The Balaban J connectivity index is 5.06. The van der Waals surface area contributed by atoms with Crippen molar-refractivity contribution in [2.45, 2.75) is 77.0 Å². The predicted molar refractivity (Wildman–Crippen MR) is 92.4 cm³/mol. The summed E-state index contributed by atoms with van der Waals surface area (Å²) in [5.41, 5.74) is 0. The van der Waals surface area contributed by atoms with Crippen molar-refractivity contribution in [2.75, 3.05) is 0 Å². The zero-order valence-electron chi connectivity index (χ0n) is 14.9. The van der Waals surface area contributed by atoms with Crippen LogP contribution in [0.25, 0.3) is 0 Å². The molecule has 0 heterocycles. The third-order valence-electron chi connectivity index (χ3n) is 4.57. The van der Waals surface area contributed by atoms with E-state index in [4.69, 9.17) is 0 Å². The number of aliphatic carboxylic acids is 2. The Morgan fingerprint density at radius 1 is 0.870 bits per heavy atom. The van der Waals surface area contributed by atoms with Gasteiger partial charge in [-0.05, 0) is 0 Å². The average molecular weight is 431 g/mol. The molecule has 0 rings (SSSR count). The van der Waals surface area contributed by atoms with Crippen LogP contribution in [0.5, 0.6) is 0 Å². The molecule has 0 aromatic heterocycles. The molecular formula is C18H32O4Sn-2. The molecule has 0 N–H and O–H groups in total. The van der Waals surface area contributed by atoms with E-state index < -0.39 is 36.2 Å². The van der Waals surface area contributed by atoms with E-state index in [1.807, 2.05) is 6.08 Å².